The topological polar surface area (TPSA) is 64.1 Å². The van der Waals surface area contributed by atoms with Crippen LogP contribution in [0.2, 0.25) is 0 Å². The number of carbonyl (C=O) groups excluding carboxylic acids is 1. The minimum Gasteiger partial charge on any atom is -0.376 e. The van der Waals surface area contributed by atoms with Gasteiger partial charge in [-0.05, 0) is 41.8 Å². The maximum absolute atomic E-state index is 12.0. The molecule has 0 aliphatic carbocycles. The number of aromatic nitrogens is 2. The van der Waals surface area contributed by atoms with Gasteiger partial charge in [0.25, 0.3) is 0 Å². The van der Waals surface area contributed by atoms with Crippen LogP contribution in [0, 0.1) is 0 Å². The maximum Gasteiger partial charge on any atom is 0.230 e. The van der Waals surface area contributed by atoms with Crippen molar-refractivity contribution in [2.24, 2.45) is 0 Å². The van der Waals surface area contributed by atoms with Crippen molar-refractivity contribution >= 4 is 28.4 Å². The minimum absolute atomic E-state index is 0.00379. The maximum atomic E-state index is 12.0. The van der Waals surface area contributed by atoms with Crippen LogP contribution in [0.25, 0.3) is 22.0 Å². The number of benzene rings is 2. The lowest BCUT2D eigenvalue weighted by Gasteiger charge is -2.10. The molecule has 0 saturated carbocycles. The zero-order valence-corrected chi connectivity index (χ0v) is 15.7. The summed E-state index contributed by atoms with van der Waals surface area (Å²) in [5.74, 6) is 0.326. The Kier molecular flexibility index (Phi) is 5.65. The van der Waals surface area contributed by atoms with E-state index in [1.165, 1.54) is 22.5 Å². The van der Waals surface area contributed by atoms with Crippen LogP contribution in [-0.2, 0) is 9.53 Å². The second kappa shape index (κ2) is 8.50. The third kappa shape index (κ3) is 4.64. The molecular weight excluding hydrogens is 358 g/mol. The molecule has 0 bridgehead atoms. The van der Waals surface area contributed by atoms with Gasteiger partial charge in [0.2, 0.25) is 5.91 Å². The molecule has 2 heterocycles. The Morgan fingerprint density at radius 1 is 1.11 bits per heavy atom. The number of hydrogen-bond donors (Lipinski definition) is 1. The van der Waals surface area contributed by atoms with Gasteiger partial charge < -0.3 is 10.1 Å². The summed E-state index contributed by atoms with van der Waals surface area (Å²) in [6.45, 7) is 1.39. The highest BCUT2D eigenvalue weighted by atomic mass is 32.2. The van der Waals surface area contributed by atoms with Crippen LogP contribution in [-0.4, -0.2) is 41.1 Å². The fraction of sp³-hybridized carbons (Fsp3) is 0.286. The first-order chi connectivity index (χ1) is 13.3. The average Bonchev–Trinajstić information content (AvgIpc) is 3.24. The second-order valence-electron chi connectivity index (χ2n) is 6.55. The predicted molar refractivity (Wildman–Crippen MR) is 108 cm³/mol. The number of carbonyl (C=O) groups is 1. The largest absolute Gasteiger partial charge is 0.376 e. The molecule has 1 amide bonds. The van der Waals surface area contributed by atoms with E-state index in [2.05, 4.69) is 45.8 Å². The highest BCUT2D eigenvalue weighted by Gasteiger charge is 2.16. The van der Waals surface area contributed by atoms with Crippen LogP contribution in [0.5, 0.6) is 0 Å². The Labute approximate surface area is 162 Å². The zero-order chi connectivity index (χ0) is 18.5. The van der Waals surface area contributed by atoms with Crippen LogP contribution in [0.3, 0.4) is 0 Å². The molecule has 0 spiro atoms. The number of ether oxygens (including phenoxy) is 1. The standard InChI is InChI=1S/C21H21N3O2S/c25-20(22-13-18-6-3-11-26-18)14-27-21-10-9-19(23-24-21)17-8-7-15-4-1-2-5-16(15)12-17/h1-2,4-5,7-10,12,18H,3,6,11,13-14H2,(H,22,25)/t18-/m1/s1. The molecule has 1 aliphatic rings. The summed E-state index contributed by atoms with van der Waals surface area (Å²) in [5, 5.41) is 14.6. The molecule has 6 heteroatoms. The summed E-state index contributed by atoms with van der Waals surface area (Å²) >= 11 is 1.39. The van der Waals surface area contributed by atoms with Gasteiger partial charge in [-0.15, -0.1) is 10.2 Å². The number of fused-ring (bicyclic) bond motifs is 1. The van der Waals surface area contributed by atoms with Crippen molar-refractivity contribution in [1.29, 1.82) is 0 Å². The monoisotopic (exact) mass is 379 g/mol. The normalized spacial score (nSPS) is 16.5. The molecule has 1 aliphatic heterocycles. The lowest BCUT2D eigenvalue weighted by atomic mass is 10.1. The van der Waals surface area contributed by atoms with Gasteiger partial charge in [0.15, 0.2) is 0 Å². The predicted octanol–water partition coefficient (Wildman–Crippen LogP) is 3.68. The number of hydrogen-bond acceptors (Lipinski definition) is 5. The first kappa shape index (κ1) is 17.9. The Balaban J connectivity index is 1.33. The van der Waals surface area contributed by atoms with Gasteiger partial charge in [0, 0.05) is 18.7 Å². The summed E-state index contributed by atoms with van der Waals surface area (Å²) < 4.78 is 5.50. The fourth-order valence-corrected chi connectivity index (χ4v) is 3.77. The van der Waals surface area contributed by atoms with Gasteiger partial charge in [-0.2, -0.15) is 0 Å². The molecular formula is C21H21N3O2S. The molecule has 2 aromatic carbocycles. The molecule has 1 saturated heterocycles. The van der Waals surface area contributed by atoms with E-state index in [9.17, 15) is 4.79 Å². The average molecular weight is 379 g/mol. The first-order valence-electron chi connectivity index (χ1n) is 9.12. The van der Waals surface area contributed by atoms with Gasteiger partial charge in [-0.25, -0.2) is 0 Å². The van der Waals surface area contributed by atoms with E-state index >= 15 is 0 Å². The molecule has 1 atom stereocenters. The molecule has 1 fully saturated rings. The molecule has 4 rings (SSSR count). The lowest BCUT2D eigenvalue weighted by molar-refractivity contribution is -0.119. The van der Waals surface area contributed by atoms with Gasteiger partial charge in [-0.3, -0.25) is 4.79 Å². The Morgan fingerprint density at radius 2 is 2.00 bits per heavy atom. The highest BCUT2D eigenvalue weighted by Crippen LogP contribution is 2.24. The zero-order valence-electron chi connectivity index (χ0n) is 14.9. The van der Waals surface area contributed by atoms with Gasteiger partial charge in [0.05, 0.1) is 17.6 Å². The van der Waals surface area contributed by atoms with Gasteiger partial charge >= 0.3 is 0 Å². The van der Waals surface area contributed by atoms with Crippen molar-refractivity contribution in [1.82, 2.24) is 15.5 Å². The van der Waals surface area contributed by atoms with Crippen molar-refractivity contribution in [2.75, 3.05) is 18.9 Å². The van der Waals surface area contributed by atoms with E-state index in [0.717, 1.165) is 35.7 Å². The lowest BCUT2D eigenvalue weighted by Crippen LogP contribution is -2.32. The SMILES string of the molecule is O=C(CSc1ccc(-c2ccc3ccccc3c2)nn1)NC[C@H]1CCCO1. The third-order valence-electron chi connectivity index (χ3n) is 4.59. The highest BCUT2D eigenvalue weighted by molar-refractivity contribution is 7.99. The second-order valence-corrected chi connectivity index (χ2v) is 7.54. The Bertz CT molecular complexity index is 924. The van der Waals surface area contributed by atoms with Crippen LogP contribution < -0.4 is 5.32 Å². The van der Waals surface area contributed by atoms with Crippen molar-refractivity contribution in [3.05, 3.63) is 54.6 Å². The van der Waals surface area contributed by atoms with Crippen molar-refractivity contribution in [2.45, 2.75) is 24.0 Å². The van der Waals surface area contributed by atoms with E-state index in [4.69, 9.17) is 4.74 Å². The molecule has 27 heavy (non-hydrogen) atoms. The van der Waals surface area contributed by atoms with Crippen molar-refractivity contribution in [3.63, 3.8) is 0 Å². The number of nitrogens with one attached hydrogen (secondary N) is 1. The van der Waals surface area contributed by atoms with Gasteiger partial charge in [0.1, 0.15) is 5.03 Å². The third-order valence-corrected chi connectivity index (χ3v) is 5.51. The van der Waals surface area contributed by atoms with E-state index < -0.39 is 0 Å². The van der Waals surface area contributed by atoms with Crippen molar-refractivity contribution in [3.8, 4) is 11.3 Å². The number of amides is 1. The van der Waals surface area contributed by atoms with E-state index in [-0.39, 0.29) is 12.0 Å². The molecule has 138 valence electrons. The minimum atomic E-state index is -0.00379. The summed E-state index contributed by atoms with van der Waals surface area (Å²) in [7, 11) is 0. The van der Waals surface area contributed by atoms with Crippen molar-refractivity contribution < 1.29 is 9.53 Å². The first-order valence-corrected chi connectivity index (χ1v) is 10.1. The molecule has 0 radical (unpaired) electrons. The number of thioether (sulfide) groups is 1. The summed E-state index contributed by atoms with van der Waals surface area (Å²) in [5.41, 5.74) is 1.86. The van der Waals surface area contributed by atoms with Crippen LogP contribution >= 0.6 is 11.8 Å². The van der Waals surface area contributed by atoms with Crippen LogP contribution in [0.15, 0.2) is 59.6 Å². The number of rotatable bonds is 6. The van der Waals surface area contributed by atoms with Crippen LogP contribution in [0.4, 0.5) is 0 Å². The van der Waals surface area contributed by atoms with E-state index in [0.29, 0.717) is 12.3 Å². The van der Waals surface area contributed by atoms with Gasteiger partial charge in [-0.1, -0.05) is 48.2 Å². The van der Waals surface area contributed by atoms with E-state index in [1.807, 2.05) is 24.3 Å². The molecule has 0 unspecified atom stereocenters. The number of nitrogens with zero attached hydrogens (tertiary/aromatic N) is 2. The van der Waals surface area contributed by atoms with Crippen LogP contribution in [0.1, 0.15) is 12.8 Å². The molecule has 3 aromatic rings. The Hall–Kier alpha value is -2.44. The molecule has 1 aromatic heterocycles. The smallest absolute Gasteiger partial charge is 0.230 e. The summed E-state index contributed by atoms with van der Waals surface area (Å²) in [6.07, 6.45) is 2.27. The fourth-order valence-electron chi connectivity index (χ4n) is 3.12. The Morgan fingerprint density at radius 3 is 2.78 bits per heavy atom. The van der Waals surface area contributed by atoms with E-state index in [1.54, 1.807) is 0 Å². The quantitative estimate of drug-likeness (QED) is 0.662. The molecule has 1 N–H and O–H groups in total. The summed E-state index contributed by atoms with van der Waals surface area (Å²) in [4.78, 5) is 12.0. The summed E-state index contributed by atoms with van der Waals surface area (Å²) in [6, 6.07) is 18.4. The molecule has 5 nitrogen and oxygen atoms in total.